The van der Waals surface area contributed by atoms with Gasteiger partial charge >= 0.3 is 5.97 Å². The van der Waals surface area contributed by atoms with Crippen molar-refractivity contribution in [3.63, 3.8) is 0 Å². The molecule has 0 amide bonds. The number of alkyl halides is 1. The SMILES string of the molecule is CCOC(=O)Cc1cccc(CBr)c1Br. The lowest BCUT2D eigenvalue weighted by Gasteiger charge is -2.07. The van der Waals surface area contributed by atoms with Crippen molar-refractivity contribution in [3.05, 3.63) is 33.8 Å². The highest BCUT2D eigenvalue weighted by molar-refractivity contribution is 9.10. The lowest BCUT2D eigenvalue weighted by atomic mass is 10.1. The maximum absolute atomic E-state index is 11.3. The van der Waals surface area contributed by atoms with Crippen molar-refractivity contribution in [2.45, 2.75) is 18.7 Å². The van der Waals surface area contributed by atoms with Crippen LogP contribution in [0.15, 0.2) is 22.7 Å². The van der Waals surface area contributed by atoms with Gasteiger partial charge in [0.15, 0.2) is 0 Å². The Morgan fingerprint density at radius 3 is 2.67 bits per heavy atom. The molecule has 0 aliphatic heterocycles. The summed E-state index contributed by atoms with van der Waals surface area (Å²) in [4.78, 5) is 11.3. The Morgan fingerprint density at radius 2 is 2.07 bits per heavy atom. The van der Waals surface area contributed by atoms with Gasteiger partial charge in [0.2, 0.25) is 0 Å². The first-order valence-corrected chi connectivity index (χ1v) is 6.58. The molecule has 0 saturated carbocycles. The minimum absolute atomic E-state index is 0.190. The molecule has 0 saturated heterocycles. The largest absolute Gasteiger partial charge is 0.466 e. The van der Waals surface area contributed by atoms with Crippen molar-refractivity contribution in [2.75, 3.05) is 6.61 Å². The van der Waals surface area contributed by atoms with E-state index in [-0.39, 0.29) is 5.97 Å². The number of halogens is 2. The van der Waals surface area contributed by atoms with Crippen LogP contribution in [-0.4, -0.2) is 12.6 Å². The number of rotatable bonds is 4. The molecular weight excluding hydrogens is 324 g/mol. The average Bonchev–Trinajstić information content (AvgIpc) is 2.21. The van der Waals surface area contributed by atoms with Crippen LogP contribution < -0.4 is 0 Å². The van der Waals surface area contributed by atoms with Crippen LogP contribution in [0.4, 0.5) is 0 Å². The Bertz CT molecular complexity index is 350. The zero-order valence-electron chi connectivity index (χ0n) is 8.43. The maximum Gasteiger partial charge on any atom is 0.310 e. The fraction of sp³-hybridized carbons (Fsp3) is 0.364. The first kappa shape index (κ1) is 12.7. The summed E-state index contributed by atoms with van der Waals surface area (Å²) >= 11 is 6.88. The second-order valence-electron chi connectivity index (χ2n) is 3.01. The Labute approximate surface area is 106 Å². The quantitative estimate of drug-likeness (QED) is 0.622. The van der Waals surface area contributed by atoms with Crippen molar-refractivity contribution in [1.29, 1.82) is 0 Å². The summed E-state index contributed by atoms with van der Waals surface area (Å²) in [6, 6.07) is 5.87. The third-order valence-electron chi connectivity index (χ3n) is 1.94. The van der Waals surface area contributed by atoms with E-state index in [0.29, 0.717) is 13.0 Å². The molecule has 0 aliphatic rings. The van der Waals surface area contributed by atoms with E-state index in [1.165, 1.54) is 0 Å². The highest BCUT2D eigenvalue weighted by Crippen LogP contribution is 2.24. The van der Waals surface area contributed by atoms with Gasteiger partial charge in [-0.25, -0.2) is 0 Å². The van der Waals surface area contributed by atoms with Crippen LogP contribution >= 0.6 is 31.9 Å². The van der Waals surface area contributed by atoms with Crippen LogP contribution in [0.3, 0.4) is 0 Å². The molecular formula is C11H12Br2O2. The van der Waals surface area contributed by atoms with Crippen LogP contribution in [0.2, 0.25) is 0 Å². The molecule has 0 N–H and O–H groups in total. The summed E-state index contributed by atoms with van der Waals surface area (Å²) in [6.07, 6.45) is 0.315. The molecule has 1 aromatic rings. The van der Waals surface area contributed by atoms with Gasteiger partial charge < -0.3 is 4.74 Å². The minimum atomic E-state index is -0.190. The topological polar surface area (TPSA) is 26.3 Å². The van der Waals surface area contributed by atoms with Gasteiger partial charge in [-0.15, -0.1) is 0 Å². The van der Waals surface area contributed by atoms with E-state index in [4.69, 9.17) is 4.74 Å². The van der Waals surface area contributed by atoms with E-state index in [1.807, 2.05) is 25.1 Å². The lowest BCUT2D eigenvalue weighted by Crippen LogP contribution is -2.08. The van der Waals surface area contributed by atoms with Crippen molar-refractivity contribution in [2.24, 2.45) is 0 Å². The normalized spacial score (nSPS) is 10.1. The smallest absolute Gasteiger partial charge is 0.310 e. The maximum atomic E-state index is 11.3. The van der Waals surface area contributed by atoms with Gasteiger partial charge in [0.05, 0.1) is 13.0 Å². The predicted octanol–water partition coefficient (Wildman–Crippen LogP) is 3.45. The third kappa shape index (κ3) is 3.61. The molecule has 82 valence electrons. The van der Waals surface area contributed by atoms with E-state index in [0.717, 1.165) is 20.9 Å². The van der Waals surface area contributed by atoms with E-state index < -0.39 is 0 Å². The van der Waals surface area contributed by atoms with Gasteiger partial charge in [0, 0.05) is 9.80 Å². The molecule has 0 heterocycles. The van der Waals surface area contributed by atoms with E-state index in [1.54, 1.807) is 0 Å². The summed E-state index contributed by atoms with van der Waals surface area (Å²) in [7, 11) is 0. The monoisotopic (exact) mass is 334 g/mol. The number of esters is 1. The molecule has 0 unspecified atom stereocenters. The van der Waals surface area contributed by atoms with E-state index in [9.17, 15) is 4.79 Å². The molecule has 0 bridgehead atoms. The predicted molar refractivity (Wildman–Crippen MR) is 67.1 cm³/mol. The van der Waals surface area contributed by atoms with Crippen LogP contribution in [0.5, 0.6) is 0 Å². The molecule has 0 aliphatic carbocycles. The molecule has 0 atom stereocenters. The zero-order valence-corrected chi connectivity index (χ0v) is 11.6. The van der Waals surface area contributed by atoms with Gasteiger partial charge in [-0.3, -0.25) is 4.79 Å². The fourth-order valence-corrected chi connectivity index (χ4v) is 2.63. The number of benzene rings is 1. The first-order valence-electron chi connectivity index (χ1n) is 4.66. The second-order valence-corrected chi connectivity index (χ2v) is 4.36. The highest BCUT2D eigenvalue weighted by atomic mass is 79.9. The molecule has 2 nitrogen and oxygen atoms in total. The van der Waals surface area contributed by atoms with Gasteiger partial charge in [0.25, 0.3) is 0 Å². The second kappa shape index (κ2) is 6.28. The van der Waals surface area contributed by atoms with E-state index in [2.05, 4.69) is 31.9 Å². The molecule has 4 heteroatoms. The van der Waals surface area contributed by atoms with Gasteiger partial charge in [-0.2, -0.15) is 0 Å². The molecule has 0 fully saturated rings. The number of carbonyl (C=O) groups is 1. The van der Waals surface area contributed by atoms with Crippen LogP contribution in [0, 0.1) is 0 Å². The van der Waals surface area contributed by atoms with E-state index >= 15 is 0 Å². The number of carbonyl (C=O) groups excluding carboxylic acids is 1. The summed E-state index contributed by atoms with van der Waals surface area (Å²) in [5.41, 5.74) is 2.10. The molecule has 1 aromatic carbocycles. The molecule has 0 spiro atoms. The van der Waals surface area contributed by atoms with Crippen molar-refractivity contribution >= 4 is 37.8 Å². The molecule has 0 radical (unpaired) electrons. The Hall–Kier alpha value is -0.350. The standard InChI is InChI=1S/C11H12Br2O2/c1-2-15-10(14)6-8-4-3-5-9(7-12)11(8)13/h3-5H,2,6-7H2,1H3. The summed E-state index contributed by atoms with van der Waals surface area (Å²) in [5.74, 6) is -0.190. The van der Waals surface area contributed by atoms with Crippen molar-refractivity contribution in [1.82, 2.24) is 0 Å². The minimum Gasteiger partial charge on any atom is -0.466 e. The average molecular weight is 336 g/mol. The summed E-state index contributed by atoms with van der Waals surface area (Å²) < 4.78 is 5.88. The van der Waals surface area contributed by atoms with Crippen molar-refractivity contribution < 1.29 is 9.53 Å². The van der Waals surface area contributed by atoms with Gasteiger partial charge in [0.1, 0.15) is 0 Å². The number of hydrogen-bond donors (Lipinski definition) is 0. The van der Waals surface area contributed by atoms with Crippen LogP contribution in [-0.2, 0) is 21.3 Å². The van der Waals surface area contributed by atoms with Gasteiger partial charge in [-0.1, -0.05) is 50.1 Å². The first-order chi connectivity index (χ1) is 7.19. The molecule has 0 aromatic heterocycles. The van der Waals surface area contributed by atoms with Crippen LogP contribution in [0.1, 0.15) is 18.1 Å². The fourth-order valence-electron chi connectivity index (χ4n) is 1.24. The van der Waals surface area contributed by atoms with Gasteiger partial charge in [-0.05, 0) is 18.1 Å². The number of ether oxygens (including phenoxy) is 1. The zero-order chi connectivity index (χ0) is 11.3. The lowest BCUT2D eigenvalue weighted by molar-refractivity contribution is -0.142. The van der Waals surface area contributed by atoms with Crippen LogP contribution in [0.25, 0.3) is 0 Å². The Morgan fingerprint density at radius 1 is 1.40 bits per heavy atom. The third-order valence-corrected chi connectivity index (χ3v) is 3.57. The Kier molecular flexibility index (Phi) is 5.32. The summed E-state index contributed by atoms with van der Waals surface area (Å²) in [6.45, 7) is 2.23. The highest BCUT2D eigenvalue weighted by Gasteiger charge is 2.09. The van der Waals surface area contributed by atoms with Crippen molar-refractivity contribution in [3.8, 4) is 0 Å². The molecule has 1 rings (SSSR count). The molecule has 15 heavy (non-hydrogen) atoms. The Balaban J connectivity index is 2.81. The summed E-state index contributed by atoms with van der Waals surface area (Å²) in [5, 5.41) is 0.768. The number of hydrogen-bond acceptors (Lipinski definition) is 2.